The van der Waals surface area contributed by atoms with Crippen LogP contribution in [0.5, 0.6) is 0 Å². The Labute approximate surface area is 128 Å². The molecule has 0 spiro atoms. The molecule has 0 unspecified atom stereocenters. The van der Waals surface area contributed by atoms with E-state index in [-0.39, 0.29) is 31.6 Å². The number of amides is 2. The number of rotatable bonds is 5. The maximum absolute atomic E-state index is 11.6. The number of carbonyl (C=O) groups excluding carboxylic acids is 2. The van der Waals surface area contributed by atoms with Crippen molar-refractivity contribution in [1.29, 1.82) is 0 Å². The first-order valence-corrected chi connectivity index (χ1v) is 6.93. The molecule has 1 aliphatic rings. The largest absolute Gasteiger partial charge is 0.394 e. The normalized spacial score (nSPS) is 21.8. The monoisotopic (exact) mass is 308 g/mol. The lowest BCUT2D eigenvalue weighted by Gasteiger charge is -2.38. The maximum atomic E-state index is 11.6. The summed E-state index contributed by atoms with van der Waals surface area (Å²) in [6, 6.07) is 6.68. The third-order valence-corrected chi connectivity index (χ3v) is 3.61. The molecule has 0 saturated carbocycles. The summed E-state index contributed by atoms with van der Waals surface area (Å²) < 4.78 is 10.3. The number of morpholine rings is 1. The Hall–Kier alpha value is -1.96. The van der Waals surface area contributed by atoms with Crippen molar-refractivity contribution in [3.63, 3.8) is 0 Å². The highest BCUT2D eigenvalue weighted by Crippen LogP contribution is 2.28. The molecule has 7 nitrogen and oxygen atoms in total. The third-order valence-electron chi connectivity index (χ3n) is 3.61. The third kappa shape index (κ3) is 3.62. The molecule has 2 amide bonds. The van der Waals surface area contributed by atoms with Crippen LogP contribution in [-0.4, -0.2) is 61.8 Å². The second kappa shape index (κ2) is 7.35. The van der Waals surface area contributed by atoms with E-state index in [1.54, 1.807) is 31.3 Å². The molecule has 1 fully saturated rings. The Kier molecular flexibility index (Phi) is 5.48. The predicted octanol–water partition coefficient (Wildman–Crippen LogP) is 0.162. The number of methoxy groups -OCH3 is 1. The van der Waals surface area contributed by atoms with Gasteiger partial charge < -0.3 is 24.8 Å². The number of hydrogen-bond acceptors (Lipinski definition) is 5. The molecule has 120 valence electrons. The summed E-state index contributed by atoms with van der Waals surface area (Å²) in [6.07, 6.45) is -0.392. The van der Waals surface area contributed by atoms with Crippen molar-refractivity contribution in [3.8, 4) is 0 Å². The highest BCUT2D eigenvalue weighted by Gasteiger charge is 2.34. The molecule has 2 rings (SSSR count). The number of likely N-dealkylation sites (N-methyl/N-ethyl adjacent to an activating group) is 1. The minimum Gasteiger partial charge on any atom is -0.394 e. The molecule has 2 atom stereocenters. The van der Waals surface area contributed by atoms with Crippen molar-refractivity contribution in [1.82, 2.24) is 4.90 Å². The van der Waals surface area contributed by atoms with Gasteiger partial charge in [0.15, 0.2) is 0 Å². The van der Waals surface area contributed by atoms with E-state index >= 15 is 0 Å². The smallest absolute Gasteiger partial charge is 0.250 e. The Bertz CT molecular complexity index is 531. The molecule has 0 radical (unpaired) electrons. The van der Waals surface area contributed by atoms with Gasteiger partial charge in [0.1, 0.15) is 19.3 Å². The first-order valence-electron chi connectivity index (χ1n) is 6.93. The van der Waals surface area contributed by atoms with Gasteiger partial charge in [0.2, 0.25) is 11.8 Å². The Balaban J connectivity index is 2.09. The number of hydrogen-bond donors (Lipinski definition) is 2. The van der Waals surface area contributed by atoms with E-state index in [1.165, 1.54) is 12.0 Å². The predicted molar refractivity (Wildman–Crippen MR) is 79.3 cm³/mol. The first-order chi connectivity index (χ1) is 10.6. The second-order valence-electron chi connectivity index (χ2n) is 5.09. The summed E-state index contributed by atoms with van der Waals surface area (Å²) >= 11 is 0. The number of nitrogens with zero attached hydrogens (tertiary/aromatic N) is 1. The minimum atomic E-state index is -0.421. The summed E-state index contributed by atoms with van der Waals surface area (Å²) in [5, 5.41) is 12.2. The Morgan fingerprint density at radius 1 is 1.45 bits per heavy atom. The zero-order valence-electron chi connectivity index (χ0n) is 12.6. The van der Waals surface area contributed by atoms with E-state index in [2.05, 4.69) is 5.32 Å². The number of nitrogens with one attached hydrogen (secondary N) is 1. The minimum absolute atomic E-state index is 0.00696. The number of carbonyl (C=O) groups is 2. The molecule has 1 aliphatic heterocycles. The van der Waals surface area contributed by atoms with Gasteiger partial charge in [0.05, 0.1) is 12.6 Å². The fraction of sp³-hybridized carbons (Fsp3) is 0.467. The molecule has 1 saturated heterocycles. The molecule has 22 heavy (non-hydrogen) atoms. The molecular formula is C15H20N2O5. The van der Waals surface area contributed by atoms with Crippen LogP contribution in [0.15, 0.2) is 24.3 Å². The summed E-state index contributed by atoms with van der Waals surface area (Å²) in [5.41, 5.74) is 1.48. The summed E-state index contributed by atoms with van der Waals surface area (Å²) in [6.45, 7) is -0.198. The number of benzene rings is 1. The van der Waals surface area contributed by atoms with Crippen LogP contribution in [0.3, 0.4) is 0 Å². The van der Waals surface area contributed by atoms with Gasteiger partial charge in [-0.25, -0.2) is 0 Å². The van der Waals surface area contributed by atoms with E-state index in [4.69, 9.17) is 9.47 Å². The van der Waals surface area contributed by atoms with Crippen LogP contribution in [0.25, 0.3) is 0 Å². The summed E-state index contributed by atoms with van der Waals surface area (Å²) in [7, 11) is 3.11. The maximum Gasteiger partial charge on any atom is 0.250 e. The first kappa shape index (κ1) is 16.4. The van der Waals surface area contributed by atoms with E-state index in [1.807, 2.05) is 0 Å². The SMILES string of the molecule is COCC(=O)Nc1ccc([C@H]2OCC(=O)N(C)[C@@H]2CO)cc1. The van der Waals surface area contributed by atoms with Gasteiger partial charge in [-0.05, 0) is 17.7 Å². The number of anilines is 1. The van der Waals surface area contributed by atoms with Gasteiger partial charge in [0, 0.05) is 19.8 Å². The van der Waals surface area contributed by atoms with Gasteiger partial charge in [-0.15, -0.1) is 0 Å². The molecule has 7 heteroatoms. The molecule has 2 N–H and O–H groups in total. The molecule has 1 heterocycles. The number of ether oxygens (including phenoxy) is 2. The van der Waals surface area contributed by atoms with Crippen LogP contribution >= 0.6 is 0 Å². The van der Waals surface area contributed by atoms with Crippen LogP contribution in [0, 0.1) is 0 Å². The summed E-state index contributed by atoms with van der Waals surface area (Å²) in [5.74, 6) is -0.388. The van der Waals surface area contributed by atoms with E-state index in [0.717, 1.165) is 5.56 Å². The average molecular weight is 308 g/mol. The molecule has 1 aromatic carbocycles. The van der Waals surface area contributed by atoms with E-state index < -0.39 is 12.1 Å². The van der Waals surface area contributed by atoms with Crippen molar-refractivity contribution in [2.24, 2.45) is 0 Å². The van der Waals surface area contributed by atoms with Crippen molar-refractivity contribution >= 4 is 17.5 Å². The zero-order valence-corrected chi connectivity index (χ0v) is 12.6. The van der Waals surface area contributed by atoms with Gasteiger partial charge in [-0.2, -0.15) is 0 Å². The average Bonchev–Trinajstić information content (AvgIpc) is 2.51. The van der Waals surface area contributed by atoms with Crippen LogP contribution in [-0.2, 0) is 19.1 Å². The van der Waals surface area contributed by atoms with Crippen LogP contribution in [0.4, 0.5) is 5.69 Å². The fourth-order valence-corrected chi connectivity index (χ4v) is 2.38. The lowest BCUT2D eigenvalue weighted by Crippen LogP contribution is -2.50. The summed E-state index contributed by atoms with van der Waals surface area (Å²) in [4.78, 5) is 24.5. The lowest BCUT2D eigenvalue weighted by atomic mass is 9.99. The van der Waals surface area contributed by atoms with E-state index in [0.29, 0.717) is 5.69 Å². The van der Waals surface area contributed by atoms with Gasteiger partial charge in [0.25, 0.3) is 0 Å². The van der Waals surface area contributed by atoms with Crippen LogP contribution < -0.4 is 5.32 Å². The molecule has 0 aliphatic carbocycles. The van der Waals surface area contributed by atoms with Crippen molar-refractivity contribution < 1.29 is 24.2 Å². The highest BCUT2D eigenvalue weighted by atomic mass is 16.5. The molecule has 0 aromatic heterocycles. The van der Waals surface area contributed by atoms with Crippen molar-refractivity contribution in [2.75, 3.05) is 39.3 Å². The fourth-order valence-electron chi connectivity index (χ4n) is 2.38. The van der Waals surface area contributed by atoms with E-state index in [9.17, 15) is 14.7 Å². The lowest BCUT2D eigenvalue weighted by molar-refractivity contribution is -0.157. The van der Waals surface area contributed by atoms with Gasteiger partial charge in [-0.3, -0.25) is 9.59 Å². The molecule has 1 aromatic rings. The molecule has 0 bridgehead atoms. The van der Waals surface area contributed by atoms with Crippen LogP contribution in [0.1, 0.15) is 11.7 Å². The van der Waals surface area contributed by atoms with Crippen LogP contribution in [0.2, 0.25) is 0 Å². The van der Waals surface area contributed by atoms with Crippen molar-refractivity contribution in [2.45, 2.75) is 12.1 Å². The zero-order chi connectivity index (χ0) is 16.1. The van der Waals surface area contributed by atoms with Gasteiger partial charge >= 0.3 is 0 Å². The number of aliphatic hydroxyl groups excluding tert-OH is 1. The quantitative estimate of drug-likeness (QED) is 0.809. The van der Waals surface area contributed by atoms with Crippen molar-refractivity contribution in [3.05, 3.63) is 29.8 Å². The number of aliphatic hydroxyl groups is 1. The Morgan fingerprint density at radius 2 is 2.14 bits per heavy atom. The standard InChI is InChI=1S/C15H20N2O5/c1-17-12(7-18)15(22-9-14(17)20)10-3-5-11(6-4-10)16-13(19)8-21-2/h3-6,12,15,18H,7-9H2,1-2H3,(H,16,19)/t12-,15-/m1/s1. The van der Waals surface area contributed by atoms with Gasteiger partial charge in [-0.1, -0.05) is 12.1 Å². The molecular weight excluding hydrogens is 288 g/mol. The Morgan fingerprint density at radius 3 is 2.73 bits per heavy atom. The second-order valence-corrected chi connectivity index (χ2v) is 5.09. The topological polar surface area (TPSA) is 88.1 Å². The highest BCUT2D eigenvalue weighted by molar-refractivity contribution is 5.91.